The predicted molar refractivity (Wildman–Crippen MR) is 74.1 cm³/mol. The molecule has 1 aromatic carbocycles. The third-order valence-corrected chi connectivity index (χ3v) is 3.20. The van der Waals surface area contributed by atoms with Crippen molar-refractivity contribution in [3.63, 3.8) is 0 Å². The third-order valence-electron chi connectivity index (χ3n) is 3.20. The van der Waals surface area contributed by atoms with Crippen LogP contribution in [0.25, 0.3) is 11.0 Å². The van der Waals surface area contributed by atoms with E-state index in [1.165, 1.54) is 0 Å². The Morgan fingerprint density at radius 3 is 2.89 bits per heavy atom. The molecule has 1 aliphatic rings. The number of hydrogen-bond acceptors (Lipinski definition) is 4. The van der Waals surface area contributed by atoms with E-state index in [-0.39, 0.29) is 0 Å². The number of ether oxygens (including phenoxy) is 1. The van der Waals surface area contributed by atoms with Gasteiger partial charge < -0.3 is 10.1 Å². The van der Waals surface area contributed by atoms with Crippen molar-refractivity contribution in [2.75, 3.05) is 5.32 Å². The van der Waals surface area contributed by atoms with Crippen molar-refractivity contribution < 1.29 is 4.74 Å². The first-order valence-electron chi connectivity index (χ1n) is 6.11. The molecular formula is C15H11N3O. The molecule has 0 aliphatic carbocycles. The van der Waals surface area contributed by atoms with Crippen LogP contribution >= 0.6 is 0 Å². The second-order valence-electron chi connectivity index (χ2n) is 4.54. The standard InChI is InChI=1S/C15H11N3O/c1-9-6-7-10-14-13(8-16-15(10)17-9)19-12-5-3-2-4-11(12)18-14/h2-8,18H,1H3. The summed E-state index contributed by atoms with van der Waals surface area (Å²) in [6.07, 6.45) is 1.72. The van der Waals surface area contributed by atoms with Crippen LogP contribution in [0.3, 0.4) is 0 Å². The summed E-state index contributed by atoms with van der Waals surface area (Å²) in [5.41, 5.74) is 3.57. The van der Waals surface area contributed by atoms with Crippen molar-refractivity contribution >= 4 is 22.4 Å². The van der Waals surface area contributed by atoms with Crippen molar-refractivity contribution in [2.24, 2.45) is 0 Å². The first-order chi connectivity index (χ1) is 9.31. The van der Waals surface area contributed by atoms with Gasteiger partial charge in [-0.1, -0.05) is 12.1 Å². The topological polar surface area (TPSA) is 47.0 Å². The Hall–Kier alpha value is -2.62. The largest absolute Gasteiger partial charge is 0.451 e. The van der Waals surface area contributed by atoms with E-state index < -0.39 is 0 Å². The fourth-order valence-electron chi connectivity index (χ4n) is 2.27. The summed E-state index contributed by atoms with van der Waals surface area (Å²) >= 11 is 0. The van der Waals surface area contributed by atoms with Gasteiger partial charge in [0.05, 0.1) is 17.6 Å². The molecule has 0 unspecified atom stereocenters. The molecule has 0 atom stereocenters. The summed E-state index contributed by atoms with van der Waals surface area (Å²) in [5.74, 6) is 1.55. The molecule has 3 heterocycles. The molecule has 92 valence electrons. The number of anilines is 2. The first-order valence-corrected chi connectivity index (χ1v) is 6.11. The number of nitrogens with zero attached hydrogens (tertiary/aromatic N) is 2. The van der Waals surface area contributed by atoms with E-state index in [0.29, 0.717) is 0 Å². The van der Waals surface area contributed by atoms with Gasteiger partial charge >= 0.3 is 0 Å². The van der Waals surface area contributed by atoms with Gasteiger partial charge in [0.25, 0.3) is 0 Å². The Morgan fingerprint density at radius 1 is 1.05 bits per heavy atom. The van der Waals surface area contributed by atoms with Crippen molar-refractivity contribution in [1.82, 2.24) is 9.97 Å². The molecule has 3 aromatic rings. The average molecular weight is 249 g/mol. The van der Waals surface area contributed by atoms with E-state index in [1.807, 2.05) is 43.3 Å². The van der Waals surface area contributed by atoms with Crippen molar-refractivity contribution in [1.29, 1.82) is 0 Å². The van der Waals surface area contributed by atoms with Crippen LogP contribution in [0.4, 0.5) is 11.4 Å². The fraction of sp³-hybridized carbons (Fsp3) is 0.0667. The molecule has 1 N–H and O–H groups in total. The molecular weight excluding hydrogens is 238 g/mol. The second kappa shape index (κ2) is 3.68. The summed E-state index contributed by atoms with van der Waals surface area (Å²) < 4.78 is 5.86. The van der Waals surface area contributed by atoms with E-state index >= 15 is 0 Å². The predicted octanol–water partition coefficient (Wildman–Crippen LogP) is 3.79. The Labute approximate surface area is 110 Å². The van der Waals surface area contributed by atoms with Gasteiger partial charge in [-0.25, -0.2) is 9.97 Å². The lowest BCUT2D eigenvalue weighted by molar-refractivity contribution is 0.480. The van der Waals surface area contributed by atoms with Crippen LogP contribution in [-0.2, 0) is 0 Å². The number of aryl methyl sites for hydroxylation is 1. The number of nitrogens with one attached hydrogen (secondary N) is 1. The molecule has 2 aromatic heterocycles. The molecule has 0 fully saturated rings. The normalized spacial score (nSPS) is 12.3. The van der Waals surface area contributed by atoms with Crippen LogP contribution in [-0.4, -0.2) is 9.97 Å². The lowest BCUT2D eigenvalue weighted by Crippen LogP contribution is -2.04. The van der Waals surface area contributed by atoms with Gasteiger partial charge in [-0.2, -0.15) is 0 Å². The van der Waals surface area contributed by atoms with Crippen LogP contribution in [0.1, 0.15) is 5.69 Å². The molecule has 4 heteroatoms. The molecule has 4 nitrogen and oxygen atoms in total. The van der Waals surface area contributed by atoms with Crippen molar-refractivity contribution in [3.05, 3.63) is 48.3 Å². The Kier molecular flexibility index (Phi) is 2.00. The number of benzene rings is 1. The maximum absolute atomic E-state index is 5.86. The zero-order chi connectivity index (χ0) is 12.8. The number of rotatable bonds is 0. The van der Waals surface area contributed by atoms with Crippen molar-refractivity contribution in [2.45, 2.75) is 6.92 Å². The van der Waals surface area contributed by atoms with E-state index in [1.54, 1.807) is 6.20 Å². The number of para-hydroxylation sites is 2. The molecule has 0 saturated heterocycles. The maximum Gasteiger partial charge on any atom is 0.170 e. The smallest absolute Gasteiger partial charge is 0.170 e. The Bertz CT molecular complexity index is 798. The minimum atomic E-state index is 0.731. The van der Waals surface area contributed by atoms with E-state index in [0.717, 1.165) is 39.6 Å². The fourth-order valence-corrected chi connectivity index (χ4v) is 2.27. The van der Waals surface area contributed by atoms with Gasteiger partial charge in [0.2, 0.25) is 0 Å². The highest BCUT2D eigenvalue weighted by atomic mass is 16.5. The molecule has 0 saturated carbocycles. The zero-order valence-corrected chi connectivity index (χ0v) is 10.3. The maximum atomic E-state index is 5.86. The summed E-state index contributed by atoms with van der Waals surface area (Å²) in [7, 11) is 0. The summed E-state index contributed by atoms with van der Waals surface area (Å²) in [6, 6.07) is 11.9. The number of aromatic nitrogens is 2. The SMILES string of the molecule is Cc1ccc2c3c(cnc2n1)Oc1ccccc1N3. The van der Waals surface area contributed by atoms with Gasteiger partial charge in [0.15, 0.2) is 17.1 Å². The highest BCUT2D eigenvalue weighted by molar-refractivity contribution is 5.96. The van der Waals surface area contributed by atoms with E-state index in [2.05, 4.69) is 15.3 Å². The zero-order valence-electron chi connectivity index (χ0n) is 10.3. The lowest BCUT2D eigenvalue weighted by atomic mass is 10.1. The van der Waals surface area contributed by atoms with Crippen LogP contribution < -0.4 is 10.1 Å². The molecule has 0 bridgehead atoms. The third kappa shape index (κ3) is 1.53. The molecule has 0 radical (unpaired) electrons. The molecule has 4 rings (SSSR count). The van der Waals surface area contributed by atoms with Gasteiger partial charge in [0.1, 0.15) is 0 Å². The highest BCUT2D eigenvalue weighted by Gasteiger charge is 2.19. The van der Waals surface area contributed by atoms with E-state index in [4.69, 9.17) is 4.74 Å². The van der Waals surface area contributed by atoms with Gasteiger partial charge in [-0.15, -0.1) is 0 Å². The van der Waals surface area contributed by atoms with Crippen LogP contribution in [0.15, 0.2) is 42.6 Å². The Morgan fingerprint density at radius 2 is 1.95 bits per heavy atom. The van der Waals surface area contributed by atoms with Crippen molar-refractivity contribution in [3.8, 4) is 11.5 Å². The lowest BCUT2D eigenvalue weighted by Gasteiger charge is -2.22. The van der Waals surface area contributed by atoms with Gasteiger partial charge in [0, 0.05) is 11.1 Å². The van der Waals surface area contributed by atoms with Crippen LogP contribution in [0.2, 0.25) is 0 Å². The minimum absolute atomic E-state index is 0.731. The van der Waals surface area contributed by atoms with Gasteiger partial charge in [-0.3, -0.25) is 0 Å². The summed E-state index contributed by atoms with van der Waals surface area (Å²) in [5, 5.41) is 4.37. The quantitative estimate of drug-likeness (QED) is 0.515. The Balaban J connectivity index is 1.96. The highest BCUT2D eigenvalue weighted by Crippen LogP contribution is 2.43. The molecule has 19 heavy (non-hydrogen) atoms. The molecule has 0 amide bonds. The average Bonchev–Trinajstić information content (AvgIpc) is 2.44. The molecule has 1 aliphatic heterocycles. The first kappa shape index (κ1) is 10.3. The summed E-state index contributed by atoms with van der Waals surface area (Å²) in [6.45, 7) is 1.96. The summed E-state index contributed by atoms with van der Waals surface area (Å²) in [4.78, 5) is 8.79. The number of fused-ring (bicyclic) bond motifs is 4. The van der Waals surface area contributed by atoms with Crippen LogP contribution in [0, 0.1) is 6.92 Å². The molecule has 0 spiro atoms. The van der Waals surface area contributed by atoms with Crippen LogP contribution in [0.5, 0.6) is 11.5 Å². The second-order valence-corrected chi connectivity index (χ2v) is 4.54. The number of hydrogen-bond donors (Lipinski definition) is 1. The van der Waals surface area contributed by atoms with Gasteiger partial charge in [-0.05, 0) is 31.2 Å². The minimum Gasteiger partial charge on any atom is -0.451 e. The monoisotopic (exact) mass is 249 g/mol. The van der Waals surface area contributed by atoms with E-state index in [9.17, 15) is 0 Å². The number of pyridine rings is 2.